The topological polar surface area (TPSA) is 80.2 Å². The number of nitrogens with one attached hydrogen (secondary N) is 1. The molecule has 0 bridgehead atoms. The third-order valence-corrected chi connectivity index (χ3v) is 8.51. The van der Waals surface area contributed by atoms with Crippen molar-refractivity contribution in [2.45, 2.75) is 31.0 Å². The Morgan fingerprint density at radius 1 is 0.953 bits per heavy atom. The first-order valence-corrected chi connectivity index (χ1v) is 15.2. The molecule has 0 spiro atoms. The summed E-state index contributed by atoms with van der Waals surface area (Å²) in [6.07, 6.45) is -0.176. The van der Waals surface area contributed by atoms with Crippen LogP contribution in [0.3, 0.4) is 0 Å². The van der Waals surface area contributed by atoms with Gasteiger partial charge in [0, 0.05) is 52.1 Å². The molecule has 2 N–H and O–H groups in total. The van der Waals surface area contributed by atoms with Gasteiger partial charge in [-0.25, -0.2) is 13.8 Å². The van der Waals surface area contributed by atoms with Crippen molar-refractivity contribution in [3.63, 3.8) is 0 Å². The van der Waals surface area contributed by atoms with Gasteiger partial charge < -0.3 is 19.9 Å². The highest BCUT2D eigenvalue weighted by Gasteiger charge is 2.54. The third kappa shape index (κ3) is 7.14. The molecule has 0 saturated carbocycles. The SMILES string of the molecule is O=C(NCc1cc(F)cc(F)c1)[C@]1(Cc2ccccc2Br)N=C(c2ccc(OCCCO)cc2)O[C@@H]1c1ccccc1Br. The Hall–Kier alpha value is -3.60. The number of halogens is 4. The van der Waals surface area contributed by atoms with Gasteiger partial charge in [-0.05, 0) is 59.7 Å². The number of benzene rings is 4. The quantitative estimate of drug-likeness (QED) is 0.163. The fourth-order valence-electron chi connectivity index (χ4n) is 4.93. The lowest BCUT2D eigenvalue weighted by Crippen LogP contribution is -2.49. The molecule has 1 aliphatic rings. The molecule has 1 aliphatic heterocycles. The van der Waals surface area contributed by atoms with Crippen molar-refractivity contribution in [1.29, 1.82) is 0 Å². The molecule has 2 atom stereocenters. The van der Waals surface area contributed by atoms with E-state index in [1.165, 1.54) is 12.1 Å². The van der Waals surface area contributed by atoms with Crippen LogP contribution in [0.2, 0.25) is 0 Å². The lowest BCUT2D eigenvalue weighted by Gasteiger charge is -2.31. The van der Waals surface area contributed by atoms with Gasteiger partial charge in [0.2, 0.25) is 5.90 Å². The van der Waals surface area contributed by atoms with Gasteiger partial charge in [0.15, 0.2) is 11.6 Å². The van der Waals surface area contributed by atoms with Gasteiger partial charge in [-0.1, -0.05) is 68.3 Å². The summed E-state index contributed by atoms with van der Waals surface area (Å²) in [4.78, 5) is 19.3. The minimum absolute atomic E-state index is 0.0367. The molecular weight excluding hydrogens is 686 g/mol. The number of hydrogen-bond donors (Lipinski definition) is 2. The van der Waals surface area contributed by atoms with Crippen LogP contribution in [-0.4, -0.2) is 35.7 Å². The number of ether oxygens (including phenoxy) is 2. The fraction of sp³-hybridized carbons (Fsp3) is 0.212. The van der Waals surface area contributed by atoms with Crippen LogP contribution in [0.15, 0.2) is 105 Å². The first kappa shape index (κ1) is 30.8. The monoisotopic (exact) mass is 712 g/mol. The number of hydrogen-bond acceptors (Lipinski definition) is 5. The highest BCUT2D eigenvalue weighted by Crippen LogP contribution is 2.45. The number of carbonyl (C=O) groups excluding carboxylic acids is 1. The Labute approximate surface area is 265 Å². The molecule has 4 aromatic rings. The lowest BCUT2D eigenvalue weighted by molar-refractivity contribution is -0.129. The largest absolute Gasteiger partial charge is 0.494 e. The molecule has 10 heteroatoms. The molecule has 0 fully saturated rings. The molecular formula is C33H28Br2F2N2O4. The standard InChI is InChI=1S/C33H28Br2F2N2O4/c34-28-8-3-1-6-23(28)19-33(32(41)38-20-21-16-24(36)18-25(37)17-21)30(27-7-2-4-9-29(27)35)43-31(39-33)22-10-12-26(13-11-22)42-15-5-14-40/h1-4,6-13,16-18,30,40H,5,14-15,19-20H2,(H,38,41)/t30-,33-/m1/s1. The van der Waals surface area contributed by atoms with Crippen molar-refractivity contribution in [2.75, 3.05) is 13.2 Å². The number of rotatable bonds is 11. The zero-order chi connectivity index (χ0) is 30.4. The first-order chi connectivity index (χ1) is 20.8. The third-order valence-electron chi connectivity index (χ3n) is 7.01. The maximum Gasteiger partial charge on any atom is 0.252 e. The molecule has 0 saturated heterocycles. The number of aliphatic imine (C=N–C) groups is 1. The highest BCUT2D eigenvalue weighted by molar-refractivity contribution is 9.10. The van der Waals surface area contributed by atoms with E-state index >= 15 is 0 Å². The molecule has 222 valence electrons. The van der Waals surface area contributed by atoms with Gasteiger partial charge in [0.1, 0.15) is 17.4 Å². The molecule has 0 radical (unpaired) electrons. The second-order valence-electron chi connectivity index (χ2n) is 10.0. The maximum atomic E-state index is 14.3. The predicted molar refractivity (Wildman–Crippen MR) is 167 cm³/mol. The molecule has 6 nitrogen and oxygen atoms in total. The van der Waals surface area contributed by atoms with E-state index < -0.39 is 29.2 Å². The van der Waals surface area contributed by atoms with E-state index in [1.54, 1.807) is 24.3 Å². The lowest BCUT2D eigenvalue weighted by atomic mass is 9.82. The van der Waals surface area contributed by atoms with Gasteiger partial charge in [-0.3, -0.25) is 4.79 Å². The van der Waals surface area contributed by atoms with Crippen molar-refractivity contribution in [2.24, 2.45) is 4.99 Å². The van der Waals surface area contributed by atoms with E-state index in [2.05, 4.69) is 37.2 Å². The Morgan fingerprint density at radius 2 is 1.63 bits per heavy atom. The van der Waals surface area contributed by atoms with E-state index in [-0.39, 0.29) is 31.0 Å². The van der Waals surface area contributed by atoms with Crippen LogP contribution >= 0.6 is 31.9 Å². The molecule has 4 aromatic carbocycles. The van der Waals surface area contributed by atoms with E-state index in [9.17, 15) is 13.6 Å². The Morgan fingerprint density at radius 3 is 2.30 bits per heavy atom. The molecule has 5 rings (SSSR count). The Balaban J connectivity index is 1.58. The Kier molecular flexibility index (Phi) is 9.90. The van der Waals surface area contributed by atoms with Crippen LogP contribution < -0.4 is 10.1 Å². The van der Waals surface area contributed by atoms with Crippen molar-refractivity contribution >= 4 is 43.7 Å². The summed E-state index contributed by atoms with van der Waals surface area (Å²) < 4.78 is 41.6. The predicted octanol–water partition coefficient (Wildman–Crippen LogP) is 7.07. The summed E-state index contributed by atoms with van der Waals surface area (Å²) in [5.41, 5.74) is 0.961. The number of carbonyl (C=O) groups is 1. The Bertz CT molecular complexity index is 1610. The van der Waals surface area contributed by atoms with Crippen molar-refractivity contribution in [1.82, 2.24) is 5.32 Å². The van der Waals surface area contributed by atoms with Gasteiger partial charge in [0.25, 0.3) is 5.91 Å². The van der Waals surface area contributed by atoms with Gasteiger partial charge >= 0.3 is 0 Å². The maximum absolute atomic E-state index is 14.3. The van der Waals surface area contributed by atoms with Gasteiger partial charge in [-0.2, -0.15) is 0 Å². The summed E-state index contributed by atoms with van der Waals surface area (Å²) in [5, 5.41) is 11.9. The molecule has 0 aliphatic carbocycles. The van der Waals surface area contributed by atoms with Crippen molar-refractivity contribution in [3.05, 3.63) is 134 Å². The summed E-state index contributed by atoms with van der Waals surface area (Å²) in [6, 6.07) is 25.3. The molecule has 43 heavy (non-hydrogen) atoms. The average molecular weight is 714 g/mol. The summed E-state index contributed by atoms with van der Waals surface area (Å²) in [7, 11) is 0. The normalized spacial score (nSPS) is 17.7. The van der Waals surface area contributed by atoms with Crippen LogP contribution in [0.4, 0.5) is 8.78 Å². The average Bonchev–Trinajstić information content (AvgIpc) is 3.37. The van der Waals surface area contributed by atoms with Gasteiger partial charge in [0.05, 0.1) is 6.61 Å². The van der Waals surface area contributed by atoms with Crippen LogP contribution in [0.25, 0.3) is 0 Å². The molecule has 0 aromatic heterocycles. The fourth-order valence-corrected chi connectivity index (χ4v) is 5.85. The van der Waals surface area contributed by atoms with Crippen LogP contribution in [0, 0.1) is 11.6 Å². The van der Waals surface area contributed by atoms with E-state index in [0.29, 0.717) is 29.9 Å². The highest BCUT2D eigenvalue weighted by atomic mass is 79.9. The van der Waals surface area contributed by atoms with Crippen LogP contribution in [-0.2, 0) is 22.5 Å². The minimum Gasteiger partial charge on any atom is -0.494 e. The van der Waals surface area contributed by atoms with E-state index in [1.807, 2.05) is 48.5 Å². The smallest absolute Gasteiger partial charge is 0.252 e. The molecule has 1 amide bonds. The zero-order valence-corrected chi connectivity index (χ0v) is 26.1. The van der Waals surface area contributed by atoms with E-state index in [0.717, 1.165) is 20.6 Å². The molecule has 1 heterocycles. The number of aliphatic hydroxyl groups excluding tert-OH is 1. The van der Waals surface area contributed by atoms with Crippen LogP contribution in [0.5, 0.6) is 5.75 Å². The summed E-state index contributed by atoms with van der Waals surface area (Å²) in [6.45, 7) is 0.301. The van der Waals surface area contributed by atoms with Crippen molar-refractivity contribution in [3.8, 4) is 5.75 Å². The second kappa shape index (κ2) is 13.8. The zero-order valence-electron chi connectivity index (χ0n) is 22.9. The van der Waals surface area contributed by atoms with Crippen LogP contribution in [0.1, 0.15) is 34.8 Å². The minimum atomic E-state index is -1.49. The number of amides is 1. The summed E-state index contributed by atoms with van der Waals surface area (Å²) in [5.74, 6) is -1.04. The molecule has 0 unspecified atom stereocenters. The second-order valence-corrected chi connectivity index (χ2v) is 11.7. The summed E-state index contributed by atoms with van der Waals surface area (Å²) >= 11 is 7.23. The first-order valence-electron chi connectivity index (χ1n) is 13.6. The van der Waals surface area contributed by atoms with E-state index in [4.69, 9.17) is 19.6 Å². The number of nitrogens with zero attached hydrogens (tertiary/aromatic N) is 1. The van der Waals surface area contributed by atoms with Crippen molar-refractivity contribution < 1.29 is 28.2 Å². The van der Waals surface area contributed by atoms with Gasteiger partial charge in [-0.15, -0.1) is 0 Å². The number of aliphatic hydroxyl groups is 1.